The number of aryl methyl sites for hydroxylation is 1. The quantitative estimate of drug-likeness (QED) is 0.804. The van der Waals surface area contributed by atoms with Crippen LogP contribution in [0.1, 0.15) is 5.56 Å². The molecular weight excluding hydrogens is 214 g/mol. The molecule has 1 unspecified atom stereocenters. The van der Waals surface area contributed by atoms with E-state index in [9.17, 15) is 4.21 Å². The molecule has 4 heteroatoms. The molecule has 0 aromatic heterocycles. The third-order valence-corrected chi connectivity index (χ3v) is 4.31. The van der Waals surface area contributed by atoms with Gasteiger partial charge in [-0.15, -0.1) is 0 Å². The maximum atomic E-state index is 11.8. The Morgan fingerprint density at radius 1 is 1.50 bits per heavy atom. The van der Waals surface area contributed by atoms with Crippen molar-refractivity contribution in [3.05, 3.63) is 23.8 Å². The summed E-state index contributed by atoms with van der Waals surface area (Å²) in [5.41, 5.74) is 7.39. The van der Waals surface area contributed by atoms with Crippen molar-refractivity contribution in [2.24, 2.45) is 0 Å². The van der Waals surface area contributed by atoms with Crippen molar-refractivity contribution in [2.45, 2.75) is 11.8 Å². The summed E-state index contributed by atoms with van der Waals surface area (Å²) in [6.07, 6.45) is 2.02. The van der Waals surface area contributed by atoms with Crippen LogP contribution in [-0.2, 0) is 10.8 Å². The monoisotopic (exact) mass is 229 g/mol. The fraction of sp³-hybridized carbons (Fsp3) is 0.400. The minimum atomic E-state index is -0.906. The Morgan fingerprint density at radius 3 is 2.86 bits per heavy atom. The molecule has 0 amide bonds. The lowest BCUT2D eigenvalue weighted by Gasteiger charge is -2.06. The molecule has 1 atom stereocenters. The van der Waals surface area contributed by atoms with Gasteiger partial charge in [-0.1, -0.05) is 6.07 Å². The van der Waals surface area contributed by atoms with Gasteiger partial charge in [-0.2, -0.15) is 11.8 Å². The molecule has 0 saturated heterocycles. The molecular formula is C10H15NOS2. The summed E-state index contributed by atoms with van der Waals surface area (Å²) >= 11 is 1.71. The minimum absolute atomic E-state index is 0.683. The molecule has 78 valence electrons. The van der Waals surface area contributed by atoms with Gasteiger partial charge in [0, 0.05) is 22.1 Å². The zero-order chi connectivity index (χ0) is 10.6. The molecule has 0 fully saturated rings. The minimum Gasteiger partial charge on any atom is -0.399 e. The number of rotatable bonds is 4. The summed E-state index contributed by atoms with van der Waals surface area (Å²) in [5.74, 6) is 1.62. The Balaban J connectivity index is 2.83. The second-order valence-corrected chi connectivity index (χ2v) is 5.59. The number of benzene rings is 1. The van der Waals surface area contributed by atoms with Crippen molar-refractivity contribution in [3.8, 4) is 0 Å². The van der Waals surface area contributed by atoms with Gasteiger partial charge in [0.05, 0.1) is 10.8 Å². The highest BCUT2D eigenvalue weighted by atomic mass is 32.2. The van der Waals surface area contributed by atoms with E-state index in [-0.39, 0.29) is 0 Å². The van der Waals surface area contributed by atoms with Crippen LogP contribution in [0.15, 0.2) is 23.1 Å². The first-order valence-electron chi connectivity index (χ1n) is 4.38. The fourth-order valence-electron chi connectivity index (χ4n) is 1.13. The maximum absolute atomic E-state index is 11.8. The standard InChI is InChI=1S/C10H15NOS2/c1-8-3-4-9(11)7-10(8)14(12)6-5-13-2/h3-4,7H,5-6,11H2,1-2H3. The average Bonchev–Trinajstić information content (AvgIpc) is 2.18. The maximum Gasteiger partial charge on any atom is 0.0541 e. The van der Waals surface area contributed by atoms with Crippen molar-refractivity contribution >= 4 is 28.2 Å². The Hall–Kier alpha value is -0.480. The smallest absolute Gasteiger partial charge is 0.0541 e. The van der Waals surface area contributed by atoms with Crippen molar-refractivity contribution in [1.29, 1.82) is 0 Å². The molecule has 2 nitrogen and oxygen atoms in total. The first-order chi connectivity index (χ1) is 6.65. The lowest BCUT2D eigenvalue weighted by molar-refractivity contribution is 0.683. The number of nitrogens with two attached hydrogens (primary N) is 1. The number of hydrogen-bond acceptors (Lipinski definition) is 3. The molecule has 0 radical (unpaired) electrons. The van der Waals surface area contributed by atoms with E-state index in [1.165, 1.54) is 0 Å². The molecule has 1 rings (SSSR count). The lowest BCUT2D eigenvalue weighted by atomic mass is 10.2. The van der Waals surface area contributed by atoms with Crippen LogP contribution >= 0.6 is 11.8 Å². The zero-order valence-corrected chi connectivity index (χ0v) is 10.1. The van der Waals surface area contributed by atoms with Crippen LogP contribution in [0.4, 0.5) is 5.69 Å². The number of hydrogen-bond donors (Lipinski definition) is 1. The van der Waals surface area contributed by atoms with Crippen molar-refractivity contribution < 1.29 is 4.21 Å². The van der Waals surface area contributed by atoms with Crippen LogP contribution in [0.5, 0.6) is 0 Å². The van der Waals surface area contributed by atoms with E-state index in [0.29, 0.717) is 11.4 Å². The SMILES string of the molecule is CSCCS(=O)c1cc(N)ccc1C. The van der Waals surface area contributed by atoms with Crippen LogP contribution in [0.25, 0.3) is 0 Å². The van der Waals surface area contributed by atoms with Gasteiger partial charge in [-0.3, -0.25) is 4.21 Å². The van der Waals surface area contributed by atoms with E-state index >= 15 is 0 Å². The van der Waals surface area contributed by atoms with E-state index in [2.05, 4.69) is 0 Å². The van der Waals surface area contributed by atoms with Gasteiger partial charge in [0.15, 0.2) is 0 Å². The van der Waals surface area contributed by atoms with E-state index in [1.54, 1.807) is 11.8 Å². The molecule has 0 spiro atoms. The van der Waals surface area contributed by atoms with Crippen molar-refractivity contribution in [3.63, 3.8) is 0 Å². The molecule has 0 aliphatic carbocycles. The second-order valence-electron chi connectivity index (χ2n) is 3.07. The van der Waals surface area contributed by atoms with Gasteiger partial charge >= 0.3 is 0 Å². The van der Waals surface area contributed by atoms with E-state index in [1.807, 2.05) is 31.4 Å². The summed E-state index contributed by atoms with van der Waals surface area (Å²) in [6.45, 7) is 1.96. The first-order valence-corrected chi connectivity index (χ1v) is 7.10. The molecule has 0 bridgehead atoms. The van der Waals surface area contributed by atoms with E-state index in [4.69, 9.17) is 5.73 Å². The third-order valence-electron chi connectivity index (χ3n) is 1.93. The Kier molecular flexibility index (Phi) is 4.48. The molecule has 14 heavy (non-hydrogen) atoms. The molecule has 1 aromatic carbocycles. The average molecular weight is 229 g/mol. The van der Waals surface area contributed by atoms with Gasteiger partial charge in [0.2, 0.25) is 0 Å². The zero-order valence-electron chi connectivity index (χ0n) is 8.45. The topological polar surface area (TPSA) is 43.1 Å². The van der Waals surface area contributed by atoms with Gasteiger partial charge in [0.1, 0.15) is 0 Å². The summed E-state index contributed by atoms with van der Waals surface area (Å²) in [5, 5.41) is 0. The predicted molar refractivity (Wildman–Crippen MR) is 65.2 cm³/mol. The van der Waals surface area contributed by atoms with Crippen LogP contribution in [0.2, 0.25) is 0 Å². The first kappa shape index (κ1) is 11.6. The Morgan fingerprint density at radius 2 is 2.21 bits per heavy atom. The van der Waals surface area contributed by atoms with Gasteiger partial charge < -0.3 is 5.73 Å². The van der Waals surface area contributed by atoms with Crippen molar-refractivity contribution in [2.75, 3.05) is 23.5 Å². The molecule has 0 heterocycles. The highest BCUT2D eigenvalue weighted by Gasteiger charge is 2.06. The van der Waals surface area contributed by atoms with Crippen LogP contribution < -0.4 is 5.73 Å². The number of nitrogen functional groups attached to an aromatic ring is 1. The third kappa shape index (κ3) is 3.03. The normalized spacial score (nSPS) is 12.7. The summed E-state index contributed by atoms with van der Waals surface area (Å²) < 4.78 is 11.8. The number of thioether (sulfide) groups is 1. The predicted octanol–water partition coefficient (Wildman–Crippen LogP) is 2.05. The summed E-state index contributed by atoms with van der Waals surface area (Å²) in [6, 6.07) is 5.57. The molecule has 1 aromatic rings. The molecule has 0 aliphatic heterocycles. The lowest BCUT2D eigenvalue weighted by Crippen LogP contribution is -2.03. The molecule has 0 saturated carbocycles. The van der Waals surface area contributed by atoms with Crippen molar-refractivity contribution in [1.82, 2.24) is 0 Å². The summed E-state index contributed by atoms with van der Waals surface area (Å²) in [4.78, 5) is 0.874. The van der Waals surface area contributed by atoms with Gasteiger partial charge in [-0.25, -0.2) is 0 Å². The number of anilines is 1. The highest BCUT2D eigenvalue weighted by Crippen LogP contribution is 2.17. The van der Waals surface area contributed by atoms with Crippen LogP contribution in [-0.4, -0.2) is 22.0 Å². The second kappa shape index (κ2) is 5.41. The largest absolute Gasteiger partial charge is 0.399 e. The Bertz CT molecular complexity index is 339. The molecule has 2 N–H and O–H groups in total. The Labute approximate surface area is 91.7 Å². The van der Waals surface area contributed by atoms with Crippen LogP contribution in [0.3, 0.4) is 0 Å². The summed E-state index contributed by atoms with van der Waals surface area (Å²) in [7, 11) is -0.906. The highest BCUT2D eigenvalue weighted by molar-refractivity contribution is 7.99. The van der Waals surface area contributed by atoms with Gasteiger partial charge in [0.25, 0.3) is 0 Å². The van der Waals surface area contributed by atoms with Crippen LogP contribution in [0, 0.1) is 6.92 Å². The van der Waals surface area contributed by atoms with E-state index in [0.717, 1.165) is 16.2 Å². The molecule has 0 aliphatic rings. The van der Waals surface area contributed by atoms with E-state index < -0.39 is 10.8 Å². The fourth-order valence-corrected chi connectivity index (χ4v) is 3.32. The van der Waals surface area contributed by atoms with Gasteiger partial charge in [-0.05, 0) is 30.9 Å².